The number of hydrogen-bond donors (Lipinski definition) is 2. The van der Waals surface area contributed by atoms with E-state index in [1.807, 2.05) is 12.1 Å². The second-order valence-corrected chi connectivity index (χ2v) is 10.5. The van der Waals surface area contributed by atoms with E-state index < -0.39 is 9.84 Å². The molecule has 0 aromatic heterocycles. The molecule has 1 amide bonds. The number of rotatable bonds is 8. The number of anilines is 1. The van der Waals surface area contributed by atoms with Crippen LogP contribution < -0.4 is 10.6 Å². The Morgan fingerprint density at radius 1 is 1.21 bits per heavy atom. The Kier molecular flexibility index (Phi) is 7.00. The van der Waals surface area contributed by atoms with Crippen LogP contribution in [-0.2, 0) is 9.84 Å². The van der Waals surface area contributed by atoms with E-state index in [-0.39, 0.29) is 28.7 Å². The van der Waals surface area contributed by atoms with Gasteiger partial charge in [-0.05, 0) is 50.3 Å². The zero-order valence-corrected chi connectivity index (χ0v) is 18.0. The normalized spacial score (nSPS) is 22.8. The van der Waals surface area contributed by atoms with E-state index in [1.165, 1.54) is 11.8 Å². The predicted octanol–water partition coefficient (Wildman–Crippen LogP) is 1.83. The van der Waals surface area contributed by atoms with E-state index in [9.17, 15) is 13.2 Å². The lowest BCUT2D eigenvalue weighted by Crippen LogP contribution is -2.29. The molecule has 0 aliphatic carbocycles. The summed E-state index contributed by atoms with van der Waals surface area (Å²) in [5.41, 5.74) is 1.46. The van der Waals surface area contributed by atoms with Crippen LogP contribution in [0.15, 0.2) is 29.3 Å². The summed E-state index contributed by atoms with van der Waals surface area (Å²) in [5, 5.41) is 6.95. The Hall–Kier alpha value is -1.58. The molecule has 28 heavy (non-hydrogen) atoms. The lowest BCUT2D eigenvalue weighted by Gasteiger charge is -2.17. The first-order chi connectivity index (χ1) is 13.4. The number of amides is 1. The molecule has 2 aliphatic rings. The molecule has 2 atom stereocenters. The highest BCUT2D eigenvalue weighted by molar-refractivity contribution is 8.15. The van der Waals surface area contributed by atoms with Gasteiger partial charge < -0.3 is 15.5 Å². The molecular formula is C19H28N4O3S2. The van der Waals surface area contributed by atoms with Crippen LogP contribution in [0.3, 0.4) is 0 Å². The van der Waals surface area contributed by atoms with Gasteiger partial charge in [-0.15, -0.1) is 0 Å². The van der Waals surface area contributed by atoms with Gasteiger partial charge in [0, 0.05) is 23.0 Å². The highest BCUT2D eigenvalue weighted by Gasteiger charge is 2.42. The topological polar surface area (TPSA) is 90.9 Å². The molecule has 2 heterocycles. The van der Waals surface area contributed by atoms with Crippen molar-refractivity contribution in [2.75, 3.05) is 43.0 Å². The molecule has 0 bridgehead atoms. The standard InChI is InChI=1S/C19H28N4O3S2/c1-3-23(4-2)11-5-10-20-18(24)14-6-8-15(9-7-14)21-19-22-16-12-28(25,26)13-17(16)27-19/h6-9,16-17H,3-5,10-13H2,1-2H3,(H,20,24)(H,21,22)/t16-,17-/m1/s1. The molecule has 2 N–H and O–H groups in total. The Bertz CT molecular complexity index is 820. The molecule has 154 valence electrons. The van der Waals surface area contributed by atoms with Gasteiger partial charge in [0.25, 0.3) is 5.91 Å². The van der Waals surface area contributed by atoms with Crippen molar-refractivity contribution >= 4 is 38.4 Å². The van der Waals surface area contributed by atoms with E-state index in [0.29, 0.717) is 12.1 Å². The minimum absolute atomic E-state index is 0.0221. The molecule has 7 nitrogen and oxygen atoms in total. The Morgan fingerprint density at radius 3 is 2.57 bits per heavy atom. The average molecular weight is 425 g/mol. The molecule has 0 unspecified atom stereocenters. The average Bonchev–Trinajstić information content (AvgIpc) is 3.14. The Labute approximate surface area is 171 Å². The molecule has 2 aliphatic heterocycles. The third-order valence-electron chi connectivity index (χ3n) is 5.05. The molecule has 0 saturated carbocycles. The van der Waals surface area contributed by atoms with Crippen molar-refractivity contribution in [2.45, 2.75) is 31.6 Å². The summed E-state index contributed by atoms with van der Waals surface area (Å²) in [4.78, 5) is 19.1. The van der Waals surface area contributed by atoms with Crippen LogP contribution in [0.2, 0.25) is 0 Å². The van der Waals surface area contributed by atoms with E-state index in [1.54, 1.807) is 12.1 Å². The maximum atomic E-state index is 12.2. The van der Waals surface area contributed by atoms with Crippen molar-refractivity contribution in [3.05, 3.63) is 29.8 Å². The van der Waals surface area contributed by atoms with Crippen LogP contribution >= 0.6 is 11.8 Å². The van der Waals surface area contributed by atoms with Crippen LogP contribution in [0.1, 0.15) is 30.6 Å². The number of thioether (sulfide) groups is 1. The Balaban J connectivity index is 1.46. The van der Waals surface area contributed by atoms with Gasteiger partial charge in [0.05, 0.1) is 17.5 Å². The van der Waals surface area contributed by atoms with Gasteiger partial charge in [-0.25, -0.2) is 8.42 Å². The molecule has 0 spiro atoms. The van der Waals surface area contributed by atoms with Gasteiger partial charge in [-0.2, -0.15) is 0 Å². The molecule has 3 rings (SSSR count). The van der Waals surface area contributed by atoms with Crippen molar-refractivity contribution in [2.24, 2.45) is 4.99 Å². The summed E-state index contributed by atoms with van der Waals surface area (Å²) >= 11 is 1.48. The van der Waals surface area contributed by atoms with Gasteiger partial charge in [-0.1, -0.05) is 25.6 Å². The molecular weight excluding hydrogens is 396 g/mol. The van der Waals surface area contributed by atoms with Crippen molar-refractivity contribution in [3.63, 3.8) is 0 Å². The highest BCUT2D eigenvalue weighted by atomic mass is 32.2. The monoisotopic (exact) mass is 424 g/mol. The first kappa shape index (κ1) is 21.1. The van der Waals surface area contributed by atoms with Crippen LogP contribution in [0, 0.1) is 0 Å². The number of carbonyl (C=O) groups is 1. The van der Waals surface area contributed by atoms with E-state index >= 15 is 0 Å². The summed E-state index contributed by atoms with van der Waals surface area (Å²) in [7, 11) is -2.94. The molecule has 1 fully saturated rings. The van der Waals surface area contributed by atoms with Crippen LogP contribution in [0.4, 0.5) is 5.69 Å². The quantitative estimate of drug-likeness (QED) is 0.619. The molecule has 1 aromatic carbocycles. The zero-order chi connectivity index (χ0) is 20.1. The maximum absolute atomic E-state index is 12.2. The van der Waals surface area contributed by atoms with E-state index in [2.05, 4.69) is 34.4 Å². The number of amidine groups is 1. The number of hydrogen-bond acceptors (Lipinski definition) is 7. The Morgan fingerprint density at radius 2 is 1.93 bits per heavy atom. The summed E-state index contributed by atoms with van der Waals surface area (Å²) in [5.74, 6) is 0.270. The number of nitrogens with zero attached hydrogens (tertiary/aromatic N) is 2. The number of sulfone groups is 1. The summed E-state index contributed by atoms with van der Waals surface area (Å²) < 4.78 is 23.3. The van der Waals surface area contributed by atoms with Gasteiger partial charge >= 0.3 is 0 Å². The number of fused-ring (bicyclic) bond motifs is 1. The van der Waals surface area contributed by atoms with Gasteiger partial charge in [0.15, 0.2) is 15.0 Å². The number of nitrogens with one attached hydrogen (secondary N) is 2. The largest absolute Gasteiger partial charge is 0.352 e. The van der Waals surface area contributed by atoms with Crippen LogP contribution in [0.25, 0.3) is 0 Å². The minimum atomic E-state index is -2.94. The molecule has 1 saturated heterocycles. The zero-order valence-electron chi connectivity index (χ0n) is 16.3. The third-order valence-corrected chi connectivity index (χ3v) is 8.19. The second-order valence-electron chi connectivity index (χ2n) is 7.07. The summed E-state index contributed by atoms with van der Waals surface area (Å²) in [6, 6.07) is 7.12. The predicted molar refractivity (Wildman–Crippen MR) is 116 cm³/mol. The SMILES string of the molecule is CCN(CC)CCCNC(=O)c1ccc(NC2=N[C@@H]3CS(=O)(=O)C[C@H]3S2)cc1. The molecule has 1 aromatic rings. The first-order valence-electron chi connectivity index (χ1n) is 9.72. The molecule has 0 radical (unpaired) electrons. The van der Waals surface area contributed by atoms with E-state index in [4.69, 9.17) is 0 Å². The van der Waals surface area contributed by atoms with Gasteiger partial charge in [-0.3, -0.25) is 9.79 Å². The van der Waals surface area contributed by atoms with Gasteiger partial charge in [0.2, 0.25) is 0 Å². The lowest BCUT2D eigenvalue weighted by atomic mass is 10.2. The highest BCUT2D eigenvalue weighted by Crippen LogP contribution is 2.34. The van der Waals surface area contributed by atoms with Crippen molar-refractivity contribution in [1.29, 1.82) is 0 Å². The van der Waals surface area contributed by atoms with Crippen molar-refractivity contribution < 1.29 is 13.2 Å². The number of aliphatic imine (C=N–C) groups is 1. The molecule has 9 heteroatoms. The fourth-order valence-corrected chi connectivity index (χ4v) is 7.07. The number of carbonyl (C=O) groups excluding carboxylic acids is 1. The van der Waals surface area contributed by atoms with Gasteiger partial charge in [0.1, 0.15) is 0 Å². The third kappa shape index (κ3) is 5.48. The summed E-state index contributed by atoms with van der Waals surface area (Å²) in [6.07, 6.45) is 0.933. The van der Waals surface area contributed by atoms with Crippen molar-refractivity contribution in [1.82, 2.24) is 10.2 Å². The minimum Gasteiger partial charge on any atom is -0.352 e. The maximum Gasteiger partial charge on any atom is 0.251 e. The van der Waals surface area contributed by atoms with Crippen LogP contribution in [0.5, 0.6) is 0 Å². The lowest BCUT2D eigenvalue weighted by molar-refractivity contribution is 0.0952. The fourth-order valence-electron chi connectivity index (χ4n) is 3.39. The van der Waals surface area contributed by atoms with E-state index in [0.717, 1.165) is 36.9 Å². The smallest absolute Gasteiger partial charge is 0.251 e. The fraction of sp³-hybridized carbons (Fsp3) is 0.579. The first-order valence-corrected chi connectivity index (χ1v) is 12.4. The number of benzene rings is 1. The summed E-state index contributed by atoms with van der Waals surface area (Å²) in [6.45, 7) is 7.98. The van der Waals surface area contributed by atoms with Crippen LogP contribution in [-0.4, -0.2) is 73.4 Å². The van der Waals surface area contributed by atoms with Crippen molar-refractivity contribution in [3.8, 4) is 0 Å². The second kappa shape index (κ2) is 9.28.